The van der Waals surface area contributed by atoms with Crippen LogP contribution in [0.2, 0.25) is 0 Å². The van der Waals surface area contributed by atoms with Crippen molar-refractivity contribution >= 4 is 22.7 Å². The van der Waals surface area contributed by atoms with Crippen LogP contribution >= 0.6 is 0 Å². The Bertz CT molecular complexity index is 1290. The van der Waals surface area contributed by atoms with Crippen molar-refractivity contribution in [3.63, 3.8) is 0 Å². The molecule has 3 aromatic carbocycles. The number of nitrogens with one attached hydrogen (secondary N) is 1. The molecule has 0 unspecified atom stereocenters. The zero-order valence-corrected chi connectivity index (χ0v) is 16.8. The second kappa shape index (κ2) is 7.68. The molecule has 1 aliphatic rings. The Morgan fingerprint density at radius 2 is 1.87 bits per heavy atom. The highest BCUT2D eigenvalue weighted by atomic mass is 16.6. The summed E-state index contributed by atoms with van der Waals surface area (Å²) in [5.41, 5.74) is 3.85. The van der Waals surface area contributed by atoms with Gasteiger partial charge in [0.15, 0.2) is 17.1 Å². The predicted octanol–water partition coefficient (Wildman–Crippen LogP) is 4.79. The third kappa shape index (κ3) is 3.66. The Hall–Kier alpha value is -4.00. The van der Waals surface area contributed by atoms with Crippen molar-refractivity contribution < 1.29 is 23.8 Å². The zero-order valence-electron chi connectivity index (χ0n) is 16.8. The van der Waals surface area contributed by atoms with Gasteiger partial charge in [0.2, 0.25) is 5.89 Å². The van der Waals surface area contributed by atoms with Gasteiger partial charge in [-0.15, -0.1) is 0 Å². The molecule has 2 heterocycles. The number of aromatic nitrogens is 1. The second-order valence-electron chi connectivity index (χ2n) is 7.22. The number of fused-ring (bicyclic) bond motifs is 2. The van der Waals surface area contributed by atoms with Crippen LogP contribution in [-0.4, -0.2) is 29.2 Å². The number of hydrogen-bond acceptors (Lipinski definition) is 6. The van der Waals surface area contributed by atoms with Gasteiger partial charge in [0.1, 0.15) is 24.5 Å². The molecule has 0 saturated heterocycles. The minimum Gasteiger partial charge on any atom is -0.507 e. The summed E-state index contributed by atoms with van der Waals surface area (Å²) in [5.74, 6) is 1.16. The molecule has 0 fully saturated rings. The number of aryl methyl sites for hydroxylation is 1. The van der Waals surface area contributed by atoms with E-state index in [0.717, 1.165) is 17.5 Å². The van der Waals surface area contributed by atoms with E-state index in [0.29, 0.717) is 47.1 Å². The first-order chi connectivity index (χ1) is 15.1. The van der Waals surface area contributed by atoms with Gasteiger partial charge in [-0.25, -0.2) is 4.98 Å². The lowest BCUT2D eigenvalue weighted by Gasteiger charge is -2.18. The summed E-state index contributed by atoms with van der Waals surface area (Å²) in [5, 5.41) is 13.2. The largest absolute Gasteiger partial charge is 0.507 e. The number of anilines is 1. The fraction of sp³-hybridized carbons (Fsp3) is 0.167. The first-order valence-electron chi connectivity index (χ1n) is 10.0. The Labute approximate surface area is 178 Å². The Morgan fingerprint density at radius 3 is 2.71 bits per heavy atom. The summed E-state index contributed by atoms with van der Waals surface area (Å²) in [6, 6.07) is 15.6. The van der Waals surface area contributed by atoms with Crippen molar-refractivity contribution in [3.8, 4) is 28.7 Å². The van der Waals surface area contributed by atoms with Gasteiger partial charge in [-0.05, 0) is 60.5 Å². The topological polar surface area (TPSA) is 93.8 Å². The zero-order chi connectivity index (χ0) is 21.4. The fourth-order valence-corrected chi connectivity index (χ4v) is 3.48. The van der Waals surface area contributed by atoms with Crippen molar-refractivity contribution in [1.29, 1.82) is 0 Å². The maximum absolute atomic E-state index is 12.7. The summed E-state index contributed by atoms with van der Waals surface area (Å²) in [6.07, 6.45) is 0.894. The number of benzene rings is 3. The number of amides is 1. The molecule has 2 N–H and O–H groups in total. The molecular formula is C24H20N2O5. The number of rotatable bonds is 4. The van der Waals surface area contributed by atoms with Gasteiger partial charge in [-0.3, -0.25) is 4.79 Å². The normalized spacial score (nSPS) is 12.7. The number of phenols is 1. The van der Waals surface area contributed by atoms with Crippen LogP contribution in [0.15, 0.2) is 59.0 Å². The van der Waals surface area contributed by atoms with Crippen molar-refractivity contribution in [3.05, 3.63) is 65.7 Å². The third-order valence-corrected chi connectivity index (χ3v) is 5.15. The number of carbonyl (C=O) groups is 1. The van der Waals surface area contributed by atoms with Gasteiger partial charge in [0, 0.05) is 11.3 Å². The van der Waals surface area contributed by atoms with Gasteiger partial charge in [0.05, 0.1) is 5.56 Å². The molecule has 1 amide bonds. The van der Waals surface area contributed by atoms with Crippen LogP contribution in [0.25, 0.3) is 22.6 Å². The number of hydrogen-bond donors (Lipinski definition) is 2. The summed E-state index contributed by atoms with van der Waals surface area (Å²) in [4.78, 5) is 17.2. The van der Waals surface area contributed by atoms with Crippen LogP contribution in [0.5, 0.6) is 17.2 Å². The van der Waals surface area contributed by atoms with Gasteiger partial charge >= 0.3 is 0 Å². The van der Waals surface area contributed by atoms with Crippen LogP contribution in [0.3, 0.4) is 0 Å². The van der Waals surface area contributed by atoms with Gasteiger partial charge < -0.3 is 24.3 Å². The van der Waals surface area contributed by atoms with E-state index >= 15 is 0 Å². The van der Waals surface area contributed by atoms with E-state index < -0.39 is 0 Å². The average molecular weight is 416 g/mol. The Balaban J connectivity index is 1.43. The molecule has 7 heteroatoms. The Kier molecular flexibility index (Phi) is 4.71. The molecule has 0 aliphatic carbocycles. The maximum Gasteiger partial charge on any atom is 0.255 e. The molecule has 0 atom stereocenters. The first-order valence-corrected chi connectivity index (χ1v) is 10.0. The lowest BCUT2D eigenvalue weighted by atomic mass is 10.1. The van der Waals surface area contributed by atoms with E-state index in [2.05, 4.69) is 17.2 Å². The molecule has 1 aliphatic heterocycles. The number of phenolic OH excluding ortho intramolecular Hbond substituents is 1. The second-order valence-corrected chi connectivity index (χ2v) is 7.22. The molecule has 0 saturated carbocycles. The molecule has 0 radical (unpaired) electrons. The van der Waals surface area contributed by atoms with E-state index in [1.807, 2.05) is 18.2 Å². The van der Waals surface area contributed by atoms with Gasteiger partial charge in [-0.2, -0.15) is 0 Å². The van der Waals surface area contributed by atoms with Crippen molar-refractivity contribution in [2.24, 2.45) is 0 Å². The minimum atomic E-state index is -0.307. The highest BCUT2D eigenvalue weighted by Crippen LogP contribution is 2.34. The fourth-order valence-electron chi connectivity index (χ4n) is 3.48. The molecule has 0 bridgehead atoms. The molecule has 7 nitrogen and oxygen atoms in total. The monoisotopic (exact) mass is 416 g/mol. The summed E-state index contributed by atoms with van der Waals surface area (Å²) >= 11 is 0. The quantitative estimate of drug-likeness (QED) is 0.465. The summed E-state index contributed by atoms with van der Waals surface area (Å²) in [7, 11) is 0. The molecule has 156 valence electrons. The van der Waals surface area contributed by atoms with Crippen LogP contribution in [0.4, 0.5) is 5.69 Å². The summed E-state index contributed by atoms with van der Waals surface area (Å²) < 4.78 is 16.9. The minimum absolute atomic E-state index is 0.0135. The van der Waals surface area contributed by atoms with E-state index in [1.165, 1.54) is 6.07 Å². The SMILES string of the molecule is CCc1ccc2oc(-c3cc(NC(=O)c4ccc5c(c4)OCCO5)ccc3O)nc2c1. The maximum atomic E-state index is 12.7. The van der Waals surface area contributed by atoms with Crippen LogP contribution in [-0.2, 0) is 6.42 Å². The van der Waals surface area contributed by atoms with Crippen molar-refractivity contribution in [1.82, 2.24) is 4.98 Å². The highest BCUT2D eigenvalue weighted by Gasteiger charge is 2.17. The first kappa shape index (κ1) is 19.0. The predicted molar refractivity (Wildman–Crippen MR) is 116 cm³/mol. The molecule has 31 heavy (non-hydrogen) atoms. The summed E-state index contributed by atoms with van der Waals surface area (Å²) in [6.45, 7) is 3.01. The lowest BCUT2D eigenvalue weighted by Crippen LogP contribution is -2.17. The van der Waals surface area contributed by atoms with E-state index in [4.69, 9.17) is 13.9 Å². The molecular weight excluding hydrogens is 396 g/mol. The number of nitrogens with zero attached hydrogens (tertiary/aromatic N) is 1. The number of oxazole rings is 1. The van der Waals surface area contributed by atoms with Crippen LogP contribution in [0, 0.1) is 0 Å². The van der Waals surface area contributed by atoms with Gasteiger partial charge in [-0.1, -0.05) is 13.0 Å². The molecule has 5 rings (SSSR count). The molecule has 1 aromatic heterocycles. The standard InChI is InChI=1S/C24H20N2O5/c1-2-14-3-7-20-18(11-14)26-24(31-20)17-13-16(5-6-19(17)27)25-23(28)15-4-8-21-22(12-15)30-10-9-29-21/h3-8,11-13,27H,2,9-10H2,1H3,(H,25,28). The average Bonchev–Trinajstić information content (AvgIpc) is 3.23. The van der Waals surface area contributed by atoms with E-state index in [-0.39, 0.29) is 17.5 Å². The van der Waals surface area contributed by atoms with E-state index in [1.54, 1.807) is 30.3 Å². The van der Waals surface area contributed by atoms with Crippen LogP contribution in [0.1, 0.15) is 22.8 Å². The smallest absolute Gasteiger partial charge is 0.255 e. The van der Waals surface area contributed by atoms with Gasteiger partial charge in [0.25, 0.3) is 5.91 Å². The van der Waals surface area contributed by atoms with Crippen molar-refractivity contribution in [2.75, 3.05) is 18.5 Å². The van der Waals surface area contributed by atoms with E-state index in [9.17, 15) is 9.90 Å². The molecule has 4 aromatic rings. The molecule has 0 spiro atoms. The van der Waals surface area contributed by atoms with Crippen molar-refractivity contribution in [2.45, 2.75) is 13.3 Å². The Morgan fingerprint density at radius 1 is 1.03 bits per heavy atom. The number of carbonyl (C=O) groups excluding carboxylic acids is 1. The number of aromatic hydroxyl groups is 1. The highest BCUT2D eigenvalue weighted by molar-refractivity contribution is 6.05. The van der Waals surface area contributed by atoms with Crippen LogP contribution < -0.4 is 14.8 Å². The lowest BCUT2D eigenvalue weighted by molar-refractivity contribution is 0.102. The number of ether oxygens (including phenoxy) is 2. The third-order valence-electron chi connectivity index (χ3n) is 5.15.